The fraction of sp³-hybridized carbons (Fsp3) is 0.222. The van der Waals surface area contributed by atoms with E-state index in [-0.39, 0.29) is 0 Å². The van der Waals surface area contributed by atoms with Crippen molar-refractivity contribution < 1.29 is 0 Å². The lowest BCUT2D eigenvalue weighted by atomic mass is 10.1. The summed E-state index contributed by atoms with van der Waals surface area (Å²) in [5.74, 6) is 0. The summed E-state index contributed by atoms with van der Waals surface area (Å²) in [6, 6.07) is 16.5. The van der Waals surface area contributed by atoms with Crippen LogP contribution in [0, 0.1) is 13.8 Å². The Morgan fingerprint density at radius 1 is 0.650 bits per heavy atom. The minimum atomic E-state index is 0.941. The standard InChI is InChI=1S/C18H20N2/c1-13-9-5-7-11-17(13)15(3)19-20-16(4)18-12-8-6-10-14(18)2/h5-12H,1-4H3/b19-15+,20-16+. The first-order chi connectivity index (χ1) is 9.59. The van der Waals surface area contributed by atoms with Crippen LogP contribution >= 0.6 is 0 Å². The van der Waals surface area contributed by atoms with E-state index in [0.717, 1.165) is 22.6 Å². The van der Waals surface area contributed by atoms with E-state index in [4.69, 9.17) is 0 Å². The quantitative estimate of drug-likeness (QED) is 0.574. The average molecular weight is 264 g/mol. The van der Waals surface area contributed by atoms with Gasteiger partial charge in [-0.3, -0.25) is 0 Å². The maximum Gasteiger partial charge on any atom is 0.0674 e. The van der Waals surface area contributed by atoms with Crippen LogP contribution in [0.5, 0.6) is 0 Å². The molecule has 0 fully saturated rings. The van der Waals surface area contributed by atoms with Gasteiger partial charge in [0, 0.05) is 11.1 Å². The Labute approximate surface area is 120 Å². The van der Waals surface area contributed by atoms with Gasteiger partial charge >= 0.3 is 0 Å². The minimum Gasteiger partial charge on any atom is -0.155 e. The molecular formula is C18H20N2. The molecule has 0 aliphatic heterocycles. The molecule has 0 bridgehead atoms. The van der Waals surface area contributed by atoms with Crippen molar-refractivity contribution in [2.75, 3.05) is 0 Å². The number of aryl methyl sites for hydroxylation is 2. The summed E-state index contributed by atoms with van der Waals surface area (Å²) in [5, 5.41) is 8.75. The van der Waals surface area contributed by atoms with Gasteiger partial charge in [0.15, 0.2) is 0 Å². The topological polar surface area (TPSA) is 24.7 Å². The number of hydrogen-bond acceptors (Lipinski definition) is 2. The van der Waals surface area contributed by atoms with Crippen molar-refractivity contribution in [3.05, 3.63) is 70.8 Å². The lowest BCUT2D eigenvalue weighted by molar-refractivity contribution is 1.21. The van der Waals surface area contributed by atoms with E-state index in [9.17, 15) is 0 Å². The number of benzene rings is 2. The molecule has 2 aromatic carbocycles. The third-order valence-corrected chi connectivity index (χ3v) is 3.42. The lowest BCUT2D eigenvalue weighted by Gasteiger charge is -2.05. The third kappa shape index (κ3) is 3.21. The predicted molar refractivity (Wildman–Crippen MR) is 86.8 cm³/mol. The van der Waals surface area contributed by atoms with Crippen molar-refractivity contribution in [3.8, 4) is 0 Å². The molecule has 0 saturated carbocycles. The van der Waals surface area contributed by atoms with Gasteiger partial charge in [0.05, 0.1) is 11.4 Å². The van der Waals surface area contributed by atoms with Gasteiger partial charge in [-0.05, 0) is 38.8 Å². The summed E-state index contributed by atoms with van der Waals surface area (Å²) in [6.07, 6.45) is 0. The molecule has 0 aliphatic rings. The normalized spacial score (nSPS) is 12.6. The summed E-state index contributed by atoms with van der Waals surface area (Å²) in [5.41, 5.74) is 6.62. The van der Waals surface area contributed by atoms with E-state index in [1.165, 1.54) is 11.1 Å². The van der Waals surface area contributed by atoms with E-state index in [1.807, 2.05) is 38.1 Å². The van der Waals surface area contributed by atoms with Crippen LogP contribution in [0.25, 0.3) is 0 Å². The Morgan fingerprint density at radius 3 is 1.35 bits per heavy atom. The molecule has 0 unspecified atom stereocenters. The fourth-order valence-corrected chi connectivity index (χ4v) is 2.22. The second-order valence-electron chi connectivity index (χ2n) is 5.00. The Balaban J connectivity index is 2.30. The molecule has 0 heterocycles. The largest absolute Gasteiger partial charge is 0.155 e. The molecule has 0 N–H and O–H groups in total. The molecule has 102 valence electrons. The summed E-state index contributed by atoms with van der Waals surface area (Å²) in [6.45, 7) is 8.17. The van der Waals surface area contributed by atoms with Crippen LogP contribution in [0.15, 0.2) is 58.7 Å². The Hall–Kier alpha value is -2.22. The summed E-state index contributed by atoms with van der Waals surface area (Å²) in [7, 11) is 0. The maximum atomic E-state index is 4.38. The monoisotopic (exact) mass is 264 g/mol. The van der Waals surface area contributed by atoms with Crippen LogP contribution in [0.4, 0.5) is 0 Å². The van der Waals surface area contributed by atoms with Crippen LogP contribution in [-0.4, -0.2) is 11.4 Å². The van der Waals surface area contributed by atoms with Gasteiger partial charge in [-0.2, -0.15) is 10.2 Å². The maximum absolute atomic E-state index is 4.38. The van der Waals surface area contributed by atoms with Crippen LogP contribution in [0.3, 0.4) is 0 Å². The van der Waals surface area contributed by atoms with Crippen LogP contribution in [0.1, 0.15) is 36.1 Å². The highest BCUT2D eigenvalue weighted by Crippen LogP contribution is 2.11. The third-order valence-electron chi connectivity index (χ3n) is 3.42. The van der Waals surface area contributed by atoms with Gasteiger partial charge in [0.2, 0.25) is 0 Å². The second-order valence-corrected chi connectivity index (χ2v) is 5.00. The first kappa shape index (κ1) is 14.2. The van der Waals surface area contributed by atoms with Crippen LogP contribution in [0.2, 0.25) is 0 Å². The first-order valence-corrected chi connectivity index (χ1v) is 6.80. The highest BCUT2D eigenvalue weighted by Gasteiger charge is 2.02. The second kappa shape index (κ2) is 6.29. The average Bonchev–Trinajstić information content (AvgIpc) is 2.45. The molecule has 0 aromatic heterocycles. The zero-order valence-corrected chi connectivity index (χ0v) is 12.5. The molecule has 20 heavy (non-hydrogen) atoms. The predicted octanol–water partition coefficient (Wildman–Crippen LogP) is 4.54. The fourth-order valence-electron chi connectivity index (χ4n) is 2.22. The van der Waals surface area contributed by atoms with Crippen molar-refractivity contribution in [2.45, 2.75) is 27.7 Å². The van der Waals surface area contributed by atoms with E-state index in [1.54, 1.807) is 0 Å². The highest BCUT2D eigenvalue weighted by atomic mass is 15.2. The zero-order chi connectivity index (χ0) is 14.5. The first-order valence-electron chi connectivity index (χ1n) is 6.80. The van der Waals surface area contributed by atoms with E-state index in [0.29, 0.717) is 0 Å². The van der Waals surface area contributed by atoms with Crippen molar-refractivity contribution in [1.29, 1.82) is 0 Å². The number of nitrogens with zero attached hydrogens (tertiary/aromatic N) is 2. The molecule has 0 spiro atoms. The van der Waals surface area contributed by atoms with Crippen molar-refractivity contribution in [1.82, 2.24) is 0 Å². The zero-order valence-electron chi connectivity index (χ0n) is 12.5. The Morgan fingerprint density at radius 2 is 1.00 bits per heavy atom. The molecule has 2 nitrogen and oxygen atoms in total. The van der Waals surface area contributed by atoms with Crippen LogP contribution in [-0.2, 0) is 0 Å². The Bertz CT molecular complexity index is 607. The molecule has 0 amide bonds. The molecule has 0 atom stereocenters. The van der Waals surface area contributed by atoms with E-state index in [2.05, 4.69) is 48.3 Å². The molecule has 0 radical (unpaired) electrons. The molecule has 0 aliphatic carbocycles. The van der Waals surface area contributed by atoms with Crippen molar-refractivity contribution >= 4 is 11.4 Å². The summed E-state index contributed by atoms with van der Waals surface area (Å²) >= 11 is 0. The van der Waals surface area contributed by atoms with Crippen LogP contribution < -0.4 is 0 Å². The Kier molecular flexibility index (Phi) is 4.46. The number of hydrogen-bond donors (Lipinski definition) is 0. The highest BCUT2D eigenvalue weighted by molar-refractivity contribution is 6.02. The van der Waals surface area contributed by atoms with Crippen molar-refractivity contribution in [2.24, 2.45) is 10.2 Å². The summed E-state index contributed by atoms with van der Waals surface area (Å²) in [4.78, 5) is 0. The lowest BCUT2D eigenvalue weighted by Crippen LogP contribution is -2.00. The number of rotatable bonds is 3. The van der Waals surface area contributed by atoms with E-state index < -0.39 is 0 Å². The van der Waals surface area contributed by atoms with Gasteiger partial charge in [0.25, 0.3) is 0 Å². The van der Waals surface area contributed by atoms with E-state index >= 15 is 0 Å². The van der Waals surface area contributed by atoms with Gasteiger partial charge in [0.1, 0.15) is 0 Å². The molecule has 2 heteroatoms. The van der Waals surface area contributed by atoms with Gasteiger partial charge in [-0.25, -0.2) is 0 Å². The smallest absolute Gasteiger partial charge is 0.0674 e. The SMILES string of the molecule is C/C(=N\N=C(/C)c1ccccc1C)c1ccccc1C. The van der Waals surface area contributed by atoms with Gasteiger partial charge < -0.3 is 0 Å². The van der Waals surface area contributed by atoms with Crippen molar-refractivity contribution in [3.63, 3.8) is 0 Å². The summed E-state index contributed by atoms with van der Waals surface area (Å²) < 4.78 is 0. The molecular weight excluding hydrogens is 244 g/mol. The van der Waals surface area contributed by atoms with Gasteiger partial charge in [-0.15, -0.1) is 0 Å². The molecule has 2 rings (SSSR count). The molecule has 0 saturated heterocycles. The minimum absolute atomic E-state index is 0.941. The van der Waals surface area contributed by atoms with Gasteiger partial charge in [-0.1, -0.05) is 48.5 Å². The molecule has 2 aromatic rings.